The van der Waals surface area contributed by atoms with Crippen LogP contribution in [0.25, 0.3) is 0 Å². The molecular weight excluding hydrogens is 211 g/mol. The Hall–Kier alpha value is -0.840. The summed E-state index contributed by atoms with van der Waals surface area (Å²) in [5, 5.41) is 8.27. The van der Waals surface area contributed by atoms with Crippen LogP contribution in [0.1, 0.15) is 25.7 Å². The first-order valence-electron chi connectivity index (χ1n) is 4.03. The molecule has 0 saturated heterocycles. The van der Waals surface area contributed by atoms with Crippen molar-refractivity contribution in [2.75, 3.05) is 6.61 Å². The number of carboxylic acids is 1. The molecular formula is C7H11O6P. The van der Waals surface area contributed by atoms with Crippen molar-refractivity contribution in [1.29, 1.82) is 0 Å². The molecule has 80 valence electrons. The van der Waals surface area contributed by atoms with E-state index in [9.17, 15) is 19.0 Å². The van der Waals surface area contributed by atoms with E-state index in [0.717, 1.165) is 0 Å². The summed E-state index contributed by atoms with van der Waals surface area (Å²) in [6.45, 7) is -0.453. The molecule has 6 nitrogen and oxygen atoms in total. The monoisotopic (exact) mass is 222 g/mol. The van der Waals surface area contributed by atoms with E-state index in [1.165, 1.54) is 0 Å². The zero-order chi connectivity index (χ0) is 11.0. The number of unbranched alkanes of at least 4 members (excludes halogenated alkanes) is 1. The third-order valence-corrected chi connectivity index (χ3v) is 1.77. The summed E-state index contributed by atoms with van der Waals surface area (Å²) < 4.78 is 14.0. The van der Waals surface area contributed by atoms with Crippen molar-refractivity contribution in [2.24, 2.45) is 0 Å². The number of carbonyl (C=O) groups excluding carboxylic acids is 1. The van der Waals surface area contributed by atoms with Crippen molar-refractivity contribution in [3.8, 4) is 0 Å². The second kappa shape index (κ2) is 7.55. The maximum atomic E-state index is 10.9. The zero-order valence-electron chi connectivity index (χ0n) is 7.47. The van der Waals surface area contributed by atoms with E-state index < -0.39 is 20.8 Å². The molecule has 0 saturated carbocycles. The van der Waals surface area contributed by atoms with E-state index in [1.807, 2.05) is 0 Å². The fraction of sp³-hybridized carbons (Fsp3) is 0.714. The molecule has 0 aliphatic heterocycles. The summed E-state index contributed by atoms with van der Waals surface area (Å²) in [6, 6.07) is 0. The summed E-state index contributed by atoms with van der Waals surface area (Å²) in [5.41, 5.74) is 0. The molecule has 14 heavy (non-hydrogen) atoms. The first-order chi connectivity index (χ1) is 6.52. The second-order valence-electron chi connectivity index (χ2n) is 2.64. The molecule has 0 spiro atoms. The number of rotatable bonds is 8. The molecule has 7 heteroatoms. The van der Waals surface area contributed by atoms with Gasteiger partial charge in [-0.3, -0.25) is 9.59 Å². The van der Waals surface area contributed by atoms with Gasteiger partial charge in [0.05, 0.1) is 0 Å². The van der Waals surface area contributed by atoms with Crippen LogP contribution in [0.15, 0.2) is 0 Å². The van der Waals surface area contributed by atoms with Crippen LogP contribution in [0.2, 0.25) is 0 Å². The minimum atomic E-state index is -2.98. The number of ketones is 1. The van der Waals surface area contributed by atoms with Crippen LogP contribution >= 0.6 is 8.25 Å². The van der Waals surface area contributed by atoms with Gasteiger partial charge in [-0.15, -0.1) is 4.52 Å². The quantitative estimate of drug-likeness (QED) is 0.465. The smallest absolute Gasteiger partial charge is 0.488 e. The number of aliphatic carboxylic acids is 1. The Labute approximate surface area is 81.8 Å². The lowest BCUT2D eigenvalue weighted by Gasteiger charge is -1.96. The minimum absolute atomic E-state index is 0.0178. The van der Waals surface area contributed by atoms with E-state index in [4.69, 9.17) is 5.11 Å². The molecule has 0 aliphatic carbocycles. The predicted octanol–water partition coefficient (Wildman–Crippen LogP) is 0.235. The Morgan fingerprint density at radius 3 is 2.36 bits per heavy atom. The van der Waals surface area contributed by atoms with Gasteiger partial charge in [-0.25, -0.2) is 0 Å². The highest BCUT2D eigenvalue weighted by molar-refractivity contribution is 7.30. The molecule has 0 radical (unpaired) electrons. The molecule has 1 N–H and O–H groups in total. The number of Topliss-reactive ketones (excluding diaryl/α,β-unsaturated/α-hetero) is 1. The van der Waals surface area contributed by atoms with Crippen LogP contribution in [0.3, 0.4) is 0 Å². The van der Waals surface area contributed by atoms with Crippen LogP contribution in [0, 0.1) is 0 Å². The van der Waals surface area contributed by atoms with E-state index in [2.05, 4.69) is 4.52 Å². The van der Waals surface area contributed by atoms with Crippen LogP contribution < -0.4 is 4.89 Å². The average Bonchev–Trinajstić information content (AvgIpc) is 2.08. The summed E-state index contributed by atoms with van der Waals surface area (Å²) in [6.07, 6.45) is 1.01. The van der Waals surface area contributed by atoms with Gasteiger partial charge in [0.25, 0.3) is 0 Å². The third kappa shape index (κ3) is 9.25. The maximum Gasteiger partial charge on any atom is 0.488 e. The fourth-order valence-corrected chi connectivity index (χ4v) is 1.04. The fourth-order valence-electron chi connectivity index (χ4n) is 0.795. The van der Waals surface area contributed by atoms with Gasteiger partial charge in [0.2, 0.25) is 0 Å². The van der Waals surface area contributed by atoms with Crippen molar-refractivity contribution in [3.63, 3.8) is 0 Å². The molecule has 0 fully saturated rings. The minimum Gasteiger partial charge on any atom is -0.566 e. The molecule has 1 atom stereocenters. The molecule has 0 aromatic heterocycles. The molecule has 0 amide bonds. The first kappa shape index (κ1) is 13.2. The van der Waals surface area contributed by atoms with E-state index in [-0.39, 0.29) is 18.6 Å². The number of carboxylic acid groups (broad SMARTS) is 1. The Morgan fingerprint density at radius 2 is 1.86 bits per heavy atom. The standard InChI is InChI=1S/C7H11O6P/c8-6(5-13-14(11)12)3-1-2-4-7(9)10/h1-5H2,(H,9,10). The predicted molar refractivity (Wildman–Crippen MR) is 44.7 cm³/mol. The van der Waals surface area contributed by atoms with Crippen molar-refractivity contribution in [2.45, 2.75) is 25.7 Å². The summed E-state index contributed by atoms with van der Waals surface area (Å²) in [7, 11) is -2.98. The summed E-state index contributed by atoms with van der Waals surface area (Å²) in [5.74, 6) is -1.24. The van der Waals surface area contributed by atoms with Crippen molar-refractivity contribution < 1.29 is 28.7 Å². The van der Waals surface area contributed by atoms with Crippen LogP contribution in [-0.4, -0.2) is 23.5 Å². The zero-order valence-corrected chi connectivity index (χ0v) is 8.37. The Bertz CT molecular complexity index is 226. The van der Waals surface area contributed by atoms with Crippen LogP contribution in [0.4, 0.5) is 0 Å². The molecule has 1 unspecified atom stereocenters. The molecule has 0 aromatic carbocycles. The van der Waals surface area contributed by atoms with E-state index in [0.29, 0.717) is 12.8 Å². The van der Waals surface area contributed by atoms with E-state index >= 15 is 0 Å². The van der Waals surface area contributed by atoms with Crippen molar-refractivity contribution in [1.82, 2.24) is 0 Å². The molecule has 0 aliphatic rings. The lowest BCUT2D eigenvalue weighted by molar-refractivity contribution is -0.186. The number of hydrogen-bond acceptors (Lipinski definition) is 5. The summed E-state index contributed by atoms with van der Waals surface area (Å²) >= 11 is 0. The molecule has 0 heterocycles. The second-order valence-corrected chi connectivity index (χ2v) is 3.34. The lowest BCUT2D eigenvalue weighted by Crippen LogP contribution is -2.07. The van der Waals surface area contributed by atoms with Crippen molar-refractivity contribution in [3.05, 3.63) is 0 Å². The Balaban J connectivity index is 3.36. The van der Waals surface area contributed by atoms with Gasteiger partial charge >= 0.3 is 14.2 Å². The largest absolute Gasteiger partial charge is 0.566 e. The van der Waals surface area contributed by atoms with Gasteiger partial charge in [-0.05, 0) is 17.4 Å². The topological polar surface area (TPSA) is 104 Å². The maximum absolute atomic E-state index is 10.9. The van der Waals surface area contributed by atoms with Gasteiger partial charge in [0.15, 0.2) is 12.4 Å². The van der Waals surface area contributed by atoms with Gasteiger partial charge in [-0.1, -0.05) is 0 Å². The Kier molecular flexibility index (Phi) is 7.10. The Morgan fingerprint density at radius 1 is 1.29 bits per heavy atom. The number of carbonyl (C=O) groups is 2. The number of hydrogen-bond donors (Lipinski definition) is 1. The first-order valence-corrected chi connectivity index (χ1v) is 5.12. The summed E-state index contributed by atoms with van der Waals surface area (Å²) in [4.78, 5) is 30.8. The highest BCUT2D eigenvalue weighted by atomic mass is 31.1. The highest BCUT2D eigenvalue weighted by Gasteiger charge is 2.08. The third-order valence-electron chi connectivity index (χ3n) is 1.43. The van der Waals surface area contributed by atoms with Gasteiger partial charge in [0, 0.05) is 12.8 Å². The molecule has 0 aromatic rings. The van der Waals surface area contributed by atoms with Gasteiger partial charge < -0.3 is 10.00 Å². The molecule has 0 rings (SSSR count). The van der Waals surface area contributed by atoms with Crippen molar-refractivity contribution >= 4 is 20.0 Å². The average molecular weight is 222 g/mol. The lowest BCUT2D eigenvalue weighted by atomic mass is 10.1. The highest BCUT2D eigenvalue weighted by Crippen LogP contribution is 2.09. The molecule has 0 bridgehead atoms. The van der Waals surface area contributed by atoms with Crippen LogP contribution in [-0.2, 0) is 18.7 Å². The van der Waals surface area contributed by atoms with Crippen LogP contribution in [0.5, 0.6) is 0 Å². The normalized spacial score (nSPS) is 11.1. The SMILES string of the molecule is O=C(O)CCCCC(=O)CO[P+](=O)[O-]. The van der Waals surface area contributed by atoms with Gasteiger partial charge in [0.1, 0.15) is 0 Å². The van der Waals surface area contributed by atoms with Gasteiger partial charge in [-0.2, -0.15) is 0 Å². The van der Waals surface area contributed by atoms with E-state index in [1.54, 1.807) is 0 Å².